The molecule has 1 aliphatic heterocycles. The molecule has 3 N–H and O–H groups in total. The SMILES string of the molecule is CC[C@]1(N)C[C@H](c2nc(S(C)=O)ncc2Cc2cc(C(F)(F)F)cc(C(F)(F)F)c2)c2cc(C(F)(F)F)ccc2N1C(=O)O. The Morgan fingerprint density at radius 2 is 1.57 bits per heavy atom. The molecule has 0 spiro atoms. The van der Waals surface area contributed by atoms with Gasteiger partial charge in [-0.1, -0.05) is 6.92 Å². The molecule has 2 aromatic carbocycles. The first kappa shape index (κ1) is 33.2. The standard InChI is InChI=1S/C27H23F9N4O3S/c1-3-24(37)11-19(18-10-15(25(28,29)30)4-5-20(18)40(24)23(41)42)21-14(12-38-22(39-21)44(2)43)6-13-7-16(26(31,32)33)9-17(8-13)27(34,35)36/h4-5,7-10,12,19H,3,6,11,37H2,1-2H3,(H,41,42)/t19-,24+,44?/m0/s1. The van der Waals surface area contributed by atoms with Crippen LogP contribution >= 0.6 is 0 Å². The van der Waals surface area contributed by atoms with Crippen molar-refractivity contribution in [3.05, 3.63) is 81.7 Å². The maximum Gasteiger partial charge on any atom is 0.416 e. The van der Waals surface area contributed by atoms with Gasteiger partial charge in [0.2, 0.25) is 5.16 Å². The van der Waals surface area contributed by atoms with Gasteiger partial charge < -0.3 is 10.8 Å². The maximum atomic E-state index is 13.8. The Balaban J connectivity index is 2.00. The molecule has 238 valence electrons. The van der Waals surface area contributed by atoms with Crippen LogP contribution in [0.5, 0.6) is 0 Å². The number of halogens is 9. The van der Waals surface area contributed by atoms with Crippen LogP contribution in [0.3, 0.4) is 0 Å². The first-order chi connectivity index (χ1) is 20.2. The topological polar surface area (TPSA) is 109 Å². The molecule has 0 saturated carbocycles. The highest BCUT2D eigenvalue weighted by Gasteiger charge is 2.47. The van der Waals surface area contributed by atoms with Crippen LogP contribution in [0.2, 0.25) is 0 Å². The highest BCUT2D eigenvalue weighted by Crippen LogP contribution is 2.48. The van der Waals surface area contributed by atoms with Crippen LogP contribution in [0.1, 0.15) is 64.8 Å². The van der Waals surface area contributed by atoms with Crippen molar-refractivity contribution in [2.45, 2.75) is 61.5 Å². The third-order valence-corrected chi connectivity index (χ3v) is 7.99. The third kappa shape index (κ3) is 6.52. The maximum absolute atomic E-state index is 13.8. The molecule has 1 unspecified atom stereocenters. The van der Waals surface area contributed by atoms with Crippen molar-refractivity contribution in [1.82, 2.24) is 9.97 Å². The van der Waals surface area contributed by atoms with E-state index in [0.29, 0.717) is 29.2 Å². The van der Waals surface area contributed by atoms with Crippen molar-refractivity contribution < 1.29 is 53.6 Å². The lowest BCUT2D eigenvalue weighted by molar-refractivity contribution is -0.143. The van der Waals surface area contributed by atoms with Crippen LogP contribution in [-0.4, -0.2) is 37.3 Å². The second kappa shape index (κ2) is 11.3. The molecule has 44 heavy (non-hydrogen) atoms. The molecule has 1 amide bonds. The number of benzene rings is 2. The van der Waals surface area contributed by atoms with Crippen LogP contribution in [0, 0.1) is 0 Å². The van der Waals surface area contributed by atoms with Gasteiger partial charge in [-0.2, -0.15) is 39.5 Å². The first-order valence-corrected chi connectivity index (χ1v) is 14.2. The zero-order valence-electron chi connectivity index (χ0n) is 22.7. The van der Waals surface area contributed by atoms with E-state index < -0.39 is 75.7 Å². The Hall–Kier alpha value is -3.73. The van der Waals surface area contributed by atoms with Gasteiger partial charge in [0.15, 0.2) is 0 Å². The molecule has 0 fully saturated rings. The minimum atomic E-state index is -5.14. The molecule has 0 bridgehead atoms. The van der Waals surface area contributed by atoms with Crippen LogP contribution < -0.4 is 10.6 Å². The van der Waals surface area contributed by atoms with E-state index in [0.717, 1.165) is 12.3 Å². The summed E-state index contributed by atoms with van der Waals surface area (Å²) in [5, 5.41) is 9.64. The fourth-order valence-corrected chi connectivity index (χ4v) is 5.60. The van der Waals surface area contributed by atoms with Gasteiger partial charge in [0.1, 0.15) is 5.66 Å². The monoisotopic (exact) mass is 654 g/mol. The summed E-state index contributed by atoms with van der Waals surface area (Å²) in [5.74, 6) is -1.26. The average Bonchev–Trinajstić information content (AvgIpc) is 2.90. The molecular weight excluding hydrogens is 631 g/mol. The normalized spacial score (nSPS) is 19.9. The molecule has 3 atom stereocenters. The molecule has 2 heterocycles. The molecule has 0 radical (unpaired) electrons. The highest BCUT2D eigenvalue weighted by molar-refractivity contribution is 7.84. The number of nitrogens with zero attached hydrogens (tertiary/aromatic N) is 3. The molecule has 7 nitrogen and oxygen atoms in total. The highest BCUT2D eigenvalue weighted by atomic mass is 32.2. The van der Waals surface area contributed by atoms with Gasteiger partial charge in [0.05, 0.1) is 38.9 Å². The predicted molar refractivity (Wildman–Crippen MR) is 139 cm³/mol. The van der Waals surface area contributed by atoms with Crippen LogP contribution in [0.15, 0.2) is 47.8 Å². The fraction of sp³-hybridized carbons (Fsp3) is 0.370. The molecule has 4 rings (SSSR count). The second-order valence-electron chi connectivity index (χ2n) is 10.2. The minimum absolute atomic E-state index is 0.0498. The smallest absolute Gasteiger partial charge is 0.416 e. The minimum Gasteiger partial charge on any atom is -0.465 e. The van der Waals surface area contributed by atoms with Gasteiger partial charge in [-0.3, -0.25) is 9.11 Å². The largest absolute Gasteiger partial charge is 0.465 e. The summed E-state index contributed by atoms with van der Waals surface area (Å²) in [6.45, 7) is 1.52. The number of aromatic nitrogens is 2. The average molecular weight is 655 g/mol. The lowest BCUT2D eigenvalue weighted by atomic mass is 9.77. The van der Waals surface area contributed by atoms with Gasteiger partial charge >= 0.3 is 24.6 Å². The quantitative estimate of drug-likeness (QED) is 0.228. The number of fused-ring (bicyclic) bond motifs is 1. The van der Waals surface area contributed by atoms with Crippen molar-refractivity contribution in [3.63, 3.8) is 0 Å². The Bertz CT molecular complexity index is 1590. The number of carboxylic acid groups (broad SMARTS) is 1. The zero-order valence-corrected chi connectivity index (χ0v) is 23.5. The second-order valence-corrected chi connectivity index (χ2v) is 11.5. The van der Waals surface area contributed by atoms with E-state index in [2.05, 4.69) is 9.97 Å². The Labute approximate surface area is 246 Å². The fourth-order valence-electron chi connectivity index (χ4n) is 5.17. The summed E-state index contributed by atoms with van der Waals surface area (Å²) in [6, 6.07) is 3.19. The van der Waals surface area contributed by atoms with Gasteiger partial charge in [0, 0.05) is 24.8 Å². The van der Waals surface area contributed by atoms with E-state index in [4.69, 9.17) is 5.73 Å². The number of amides is 1. The first-order valence-electron chi connectivity index (χ1n) is 12.7. The number of alkyl halides is 9. The predicted octanol–water partition coefficient (Wildman–Crippen LogP) is 6.95. The number of hydrogen-bond acceptors (Lipinski definition) is 5. The Kier molecular flexibility index (Phi) is 8.54. The summed E-state index contributed by atoms with van der Waals surface area (Å²) < 4.78 is 135. The van der Waals surface area contributed by atoms with Crippen molar-refractivity contribution in [3.8, 4) is 0 Å². The molecule has 1 aliphatic rings. The van der Waals surface area contributed by atoms with E-state index >= 15 is 0 Å². The van der Waals surface area contributed by atoms with E-state index in [1.54, 1.807) is 0 Å². The van der Waals surface area contributed by atoms with E-state index in [1.807, 2.05) is 0 Å². The number of hydrogen-bond donors (Lipinski definition) is 2. The number of nitrogens with two attached hydrogens (primary N) is 1. The molecule has 0 saturated heterocycles. The van der Waals surface area contributed by atoms with Crippen molar-refractivity contribution in [2.24, 2.45) is 5.73 Å². The molecular formula is C27H23F9N4O3S. The van der Waals surface area contributed by atoms with E-state index in [-0.39, 0.29) is 46.6 Å². The van der Waals surface area contributed by atoms with Crippen molar-refractivity contribution in [1.29, 1.82) is 0 Å². The summed E-state index contributed by atoms with van der Waals surface area (Å²) in [4.78, 5) is 21.1. The van der Waals surface area contributed by atoms with E-state index in [1.165, 1.54) is 13.2 Å². The summed E-state index contributed by atoms with van der Waals surface area (Å²) in [5.41, 5.74) is -0.764. The van der Waals surface area contributed by atoms with Crippen LogP contribution in [0.25, 0.3) is 0 Å². The Morgan fingerprint density at radius 3 is 2.05 bits per heavy atom. The van der Waals surface area contributed by atoms with Gasteiger partial charge in [-0.05, 0) is 65.9 Å². The van der Waals surface area contributed by atoms with Crippen molar-refractivity contribution in [2.75, 3.05) is 11.2 Å². The summed E-state index contributed by atoms with van der Waals surface area (Å²) in [6.07, 6.45) is -15.6. The van der Waals surface area contributed by atoms with Gasteiger partial charge in [-0.15, -0.1) is 0 Å². The zero-order chi connectivity index (χ0) is 33.0. The van der Waals surface area contributed by atoms with Gasteiger partial charge in [-0.25, -0.2) is 14.8 Å². The molecule has 0 aliphatic carbocycles. The van der Waals surface area contributed by atoms with Gasteiger partial charge in [0.25, 0.3) is 0 Å². The Morgan fingerprint density at radius 1 is 1.00 bits per heavy atom. The number of carbonyl (C=O) groups is 1. The summed E-state index contributed by atoms with van der Waals surface area (Å²) in [7, 11) is -1.88. The van der Waals surface area contributed by atoms with Crippen molar-refractivity contribution >= 4 is 22.6 Å². The third-order valence-electron chi connectivity index (χ3n) is 7.28. The summed E-state index contributed by atoms with van der Waals surface area (Å²) >= 11 is 0. The molecule has 1 aromatic heterocycles. The molecule has 3 aromatic rings. The lowest BCUT2D eigenvalue weighted by Gasteiger charge is -2.46. The number of rotatable bonds is 5. The van der Waals surface area contributed by atoms with E-state index in [9.17, 15) is 53.6 Å². The lowest BCUT2D eigenvalue weighted by Crippen LogP contribution is -2.61. The van der Waals surface area contributed by atoms with Crippen LogP contribution in [-0.2, 0) is 35.7 Å². The van der Waals surface area contributed by atoms with Crippen LogP contribution in [0.4, 0.5) is 50.0 Å². The molecule has 17 heteroatoms. The number of anilines is 1.